The van der Waals surface area contributed by atoms with Crippen molar-refractivity contribution in [2.24, 2.45) is 5.92 Å². The van der Waals surface area contributed by atoms with Crippen molar-refractivity contribution in [3.63, 3.8) is 0 Å². The highest BCUT2D eigenvalue weighted by Crippen LogP contribution is 2.31. The number of aromatic nitrogens is 2. The van der Waals surface area contributed by atoms with E-state index in [9.17, 15) is 4.79 Å². The largest absolute Gasteiger partial charge is 0.497 e. The molecule has 31 heavy (non-hydrogen) atoms. The van der Waals surface area contributed by atoms with E-state index >= 15 is 0 Å². The number of hydrogen-bond donors (Lipinski definition) is 1. The lowest BCUT2D eigenvalue weighted by Gasteiger charge is -2.36. The number of nitrogens with one attached hydrogen (secondary N) is 1. The summed E-state index contributed by atoms with van der Waals surface area (Å²) in [6.45, 7) is 2.85. The number of nitrogens with zero attached hydrogens (tertiary/aromatic N) is 3. The van der Waals surface area contributed by atoms with Gasteiger partial charge in [0.1, 0.15) is 11.4 Å². The molecule has 2 aromatic heterocycles. The fourth-order valence-corrected chi connectivity index (χ4v) is 4.18. The van der Waals surface area contributed by atoms with E-state index in [1.807, 2.05) is 42.5 Å². The summed E-state index contributed by atoms with van der Waals surface area (Å²) in [5.74, 6) is 1.05. The predicted molar refractivity (Wildman–Crippen MR) is 120 cm³/mol. The summed E-state index contributed by atoms with van der Waals surface area (Å²) in [6, 6.07) is 19.3. The number of piperidine rings is 1. The van der Waals surface area contributed by atoms with Gasteiger partial charge in [-0.05, 0) is 73.8 Å². The monoisotopic (exact) mass is 416 g/mol. The van der Waals surface area contributed by atoms with Crippen LogP contribution >= 0.6 is 0 Å². The molecule has 0 saturated carbocycles. The molecular formula is C25H28N4O2. The third-order valence-electron chi connectivity index (χ3n) is 5.83. The highest BCUT2D eigenvalue weighted by molar-refractivity contribution is 5.92. The van der Waals surface area contributed by atoms with Crippen molar-refractivity contribution in [2.75, 3.05) is 20.2 Å². The normalized spacial score (nSPS) is 15.9. The molecule has 1 unspecified atom stereocenters. The van der Waals surface area contributed by atoms with Gasteiger partial charge in [-0.2, -0.15) is 0 Å². The maximum atomic E-state index is 12.8. The molecule has 1 aromatic carbocycles. The van der Waals surface area contributed by atoms with Crippen LogP contribution in [0.25, 0.3) is 0 Å². The molecule has 1 aliphatic rings. The smallest absolute Gasteiger partial charge is 0.270 e. The predicted octanol–water partition coefficient (Wildman–Crippen LogP) is 3.87. The van der Waals surface area contributed by atoms with Gasteiger partial charge in [0.25, 0.3) is 5.91 Å². The molecule has 1 aliphatic heterocycles. The van der Waals surface area contributed by atoms with Gasteiger partial charge in [0.2, 0.25) is 0 Å². The molecule has 160 valence electrons. The van der Waals surface area contributed by atoms with Gasteiger partial charge in [-0.3, -0.25) is 19.7 Å². The van der Waals surface area contributed by atoms with Crippen molar-refractivity contribution >= 4 is 5.91 Å². The Morgan fingerprint density at radius 1 is 1.06 bits per heavy atom. The highest BCUT2D eigenvalue weighted by Gasteiger charge is 2.30. The summed E-state index contributed by atoms with van der Waals surface area (Å²) in [5.41, 5.74) is 2.58. The Balaban J connectivity index is 1.42. The van der Waals surface area contributed by atoms with Gasteiger partial charge in [0, 0.05) is 18.9 Å². The Hall–Kier alpha value is -3.25. The Bertz CT molecular complexity index is 973. The van der Waals surface area contributed by atoms with Crippen LogP contribution in [0.5, 0.6) is 5.75 Å². The summed E-state index contributed by atoms with van der Waals surface area (Å²) in [6.07, 6.45) is 5.41. The minimum Gasteiger partial charge on any atom is -0.497 e. The number of hydrogen-bond acceptors (Lipinski definition) is 5. The van der Waals surface area contributed by atoms with Crippen LogP contribution in [-0.4, -0.2) is 41.0 Å². The summed E-state index contributed by atoms with van der Waals surface area (Å²) in [4.78, 5) is 24.0. The Kier molecular flexibility index (Phi) is 6.89. The van der Waals surface area contributed by atoms with E-state index in [0.29, 0.717) is 11.6 Å². The van der Waals surface area contributed by atoms with Crippen molar-refractivity contribution in [1.82, 2.24) is 20.2 Å². The van der Waals surface area contributed by atoms with E-state index in [-0.39, 0.29) is 11.9 Å². The Morgan fingerprint density at radius 2 is 1.84 bits per heavy atom. The average molecular weight is 417 g/mol. The van der Waals surface area contributed by atoms with Gasteiger partial charge >= 0.3 is 0 Å². The molecule has 1 N–H and O–H groups in total. The molecule has 1 saturated heterocycles. The molecule has 6 nitrogen and oxygen atoms in total. The maximum absolute atomic E-state index is 12.8. The first-order chi connectivity index (χ1) is 15.2. The Morgan fingerprint density at radius 3 is 2.52 bits per heavy atom. The second kappa shape index (κ2) is 10.2. The van der Waals surface area contributed by atoms with Gasteiger partial charge in [0.05, 0.1) is 18.8 Å². The second-order valence-corrected chi connectivity index (χ2v) is 7.89. The molecule has 1 amide bonds. The number of likely N-dealkylation sites (tertiary alicyclic amines) is 1. The zero-order valence-corrected chi connectivity index (χ0v) is 17.8. The van der Waals surface area contributed by atoms with Crippen molar-refractivity contribution in [2.45, 2.75) is 25.4 Å². The van der Waals surface area contributed by atoms with E-state index in [4.69, 9.17) is 4.74 Å². The maximum Gasteiger partial charge on any atom is 0.270 e. The van der Waals surface area contributed by atoms with Crippen LogP contribution in [0.1, 0.15) is 40.6 Å². The summed E-state index contributed by atoms with van der Waals surface area (Å²) in [5, 5.41) is 3.20. The van der Waals surface area contributed by atoms with E-state index in [1.54, 1.807) is 25.6 Å². The fourth-order valence-electron chi connectivity index (χ4n) is 4.18. The molecule has 1 atom stereocenters. The van der Waals surface area contributed by atoms with Crippen LogP contribution in [0.4, 0.5) is 0 Å². The van der Waals surface area contributed by atoms with Crippen molar-refractivity contribution < 1.29 is 9.53 Å². The number of pyridine rings is 2. The molecule has 3 aromatic rings. The third-order valence-corrected chi connectivity index (χ3v) is 5.83. The summed E-state index contributed by atoms with van der Waals surface area (Å²) >= 11 is 0. The zero-order chi connectivity index (χ0) is 21.5. The van der Waals surface area contributed by atoms with Crippen LogP contribution in [0.3, 0.4) is 0 Å². The minimum absolute atomic E-state index is 0.130. The lowest BCUT2D eigenvalue weighted by molar-refractivity contribution is 0.0883. The molecule has 4 rings (SSSR count). The molecule has 6 heteroatoms. The van der Waals surface area contributed by atoms with E-state index in [2.05, 4.69) is 32.3 Å². The standard InChI is InChI=1S/C25H28N4O2/c1-31-21-8-6-7-19(17-21)18-29-15-11-20(12-16-29)24(22-9-2-4-13-26-22)28-25(30)23-10-3-5-14-27-23/h2-10,13-14,17,20,24H,11-12,15-16,18H2,1H3,(H,28,30). The van der Waals surface area contributed by atoms with E-state index < -0.39 is 0 Å². The van der Waals surface area contributed by atoms with Crippen molar-refractivity contribution in [3.8, 4) is 5.75 Å². The topological polar surface area (TPSA) is 67.3 Å². The average Bonchev–Trinajstić information content (AvgIpc) is 2.84. The molecule has 1 fully saturated rings. The molecule has 0 radical (unpaired) electrons. The molecule has 0 bridgehead atoms. The summed E-state index contributed by atoms with van der Waals surface area (Å²) in [7, 11) is 1.70. The van der Waals surface area contributed by atoms with Crippen LogP contribution in [0.15, 0.2) is 73.1 Å². The lowest BCUT2D eigenvalue weighted by atomic mass is 9.87. The van der Waals surface area contributed by atoms with E-state index in [1.165, 1.54) is 5.56 Å². The van der Waals surface area contributed by atoms with Gasteiger partial charge in [-0.15, -0.1) is 0 Å². The second-order valence-electron chi connectivity index (χ2n) is 7.89. The van der Waals surface area contributed by atoms with Crippen LogP contribution in [0.2, 0.25) is 0 Å². The van der Waals surface area contributed by atoms with Gasteiger partial charge in [-0.1, -0.05) is 24.3 Å². The van der Waals surface area contributed by atoms with Crippen molar-refractivity contribution in [3.05, 3.63) is 90.0 Å². The Labute approximate surface area is 183 Å². The van der Waals surface area contributed by atoms with Gasteiger partial charge in [-0.25, -0.2) is 0 Å². The van der Waals surface area contributed by atoms with Crippen LogP contribution < -0.4 is 10.1 Å². The zero-order valence-electron chi connectivity index (χ0n) is 17.8. The number of ether oxygens (including phenoxy) is 1. The third kappa shape index (κ3) is 5.47. The van der Waals surface area contributed by atoms with Gasteiger partial charge < -0.3 is 10.1 Å². The number of methoxy groups -OCH3 is 1. The quantitative estimate of drug-likeness (QED) is 0.633. The number of amides is 1. The lowest BCUT2D eigenvalue weighted by Crippen LogP contribution is -2.41. The number of rotatable bonds is 7. The molecular weight excluding hydrogens is 388 g/mol. The van der Waals surface area contributed by atoms with Crippen molar-refractivity contribution in [1.29, 1.82) is 0 Å². The van der Waals surface area contributed by atoms with Crippen LogP contribution in [-0.2, 0) is 6.54 Å². The molecule has 3 heterocycles. The molecule has 0 aliphatic carbocycles. The summed E-state index contributed by atoms with van der Waals surface area (Å²) < 4.78 is 5.34. The van der Waals surface area contributed by atoms with Gasteiger partial charge in [0.15, 0.2) is 0 Å². The number of carbonyl (C=O) groups excluding carboxylic acids is 1. The van der Waals surface area contributed by atoms with E-state index in [0.717, 1.165) is 43.9 Å². The SMILES string of the molecule is COc1cccc(CN2CCC(C(NC(=O)c3ccccn3)c3ccccn3)CC2)c1. The first-order valence-corrected chi connectivity index (χ1v) is 10.7. The minimum atomic E-state index is -0.157. The first kappa shape index (κ1) is 21.0. The van der Waals surface area contributed by atoms with Crippen LogP contribution in [0, 0.1) is 5.92 Å². The number of benzene rings is 1. The number of carbonyl (C=O) groups is 1. The highest BCUT2D eigenvalue weighted by atomic mass is 16.5. The molecule has 0 spiro atoms. The first-order valence-electron chi connectivity index (χ1n) is 10.7. The fraction of sp³-hybridized carbons (Fsp3) is 0.320.